The SMILES string of the molecule is Fc1cccc(Nc2nccc(NCCCN3CCOCC3)n2)c1. The molecule has 3 rings (SSSR count). The molecule has 1 fully saturated rings. The number of aromatic nitrogens is 2. The molecule has 0 atom stereocenters. The lowest BCUT2D eigenvalue weighted by Crippen LogP contribution is -2.37. The van der Waals surface area contributed by atoms with E-state index in [1.807, 2.05) is 6.07 Å². The highest BCUT2D eigenvalue weighted by Gasteiger charge is 2.09. The molecular weight excluding hydrogens is 309 g/mol. The van der Waals surface area contributed by atoms with Gasteiger partial charge in [0.2, 0.25) is 5.95 Å². The van der Waals surface area contributed by atoms with E-state index in [1.54, 1.807) is 18.3 Å². The molecule has 7 heteroatoms. The molecule has 1 aromatic carbocycles. The first-order chi connectivity index (χ1) is 11.8. The van der Waals surface area contributed by atoms with Gasteiger partial charge in [-0.25, -0.2) is 9.37 Å². The number of rotatable bonds is 7. The molecule has 1 saturated heterocycles. The van der Waals surface area contributed by atoms with Crippen LogP contribution in [0.4, 0.5) is 21.8 Å². The number of ether oxygens (including phenoxy) is 1. The Hall–Kier alpha value is -2.25. The van der Waals surface area contributed by atoms with E-state index in [1.165, 1.54) is 12.1 Å². The van der Waals surface area contributed by atoms with Gasteiger partial charge in [0.05, 0.1) is 13.2 Å². The molecule has 1 aliphatic heterocycles. The van der Waals surface area contributed by atoms with Crippen LogP contribution in [0, 0.1) is 5.82 Å². The summed E-state index contributed by atoms with van der Waals surface area (Å²) in [6.45, 7) is 5.57. The number of morpholine rings is 1. The van der Waals surface area contributed by atoms with E-state index >= 15 is 0 Å². The Balaban J connectivity index is 1.46. The molecule has 0 saturated carbocycles. The number of nitrogens with zero attached hydrogens (tertiary/aromatic N) is 3. The summed E-state index contributed by atoms with van der Waals surface area (Å²) in [5.41, 5.74) is 0.625. The number of benzene rings is 1. The number of hydrogen-bond acceptors (Lipinski definition) is 6. The highest BCUT2D eigenvalue weighted by atomic mass is 19.1. The zero-order chi connectivity index (χ0) is 16.6. The van der Waals surface area contributed by atoms with E-state index in [-0.39, 0.29) is 5.82 Å². The van der Waals surface area contributed by atoms with Crippen molar-refractivity contribution in [1.29, 1.82) is 0 Å². The minimum atomic E-state index is -0.294. The van der Waals surface area contributed by atoms with Crippen molar-refractivity contribution < 1.29 is 9.13 Å². The van der Waals surface area contributed by atoms with E-state index in [4.69, 9.17) is 4.74 Å². The Morgan fingerprint density at radius 2 is 2.08 bits per heavy atom. The predicted octanol–water partition coefficient (Wildman–Crippen LogP) is 2.49. The fraction of sp³-hybridized carbons (Fsp3) is 0.412. The summed E-state index contributed by atoms with van der Waals surface area (Å²) in [5.74, 6) is 0.905. The Morgan fingerprint density at radius 1 is 1.21 bits per heavy atom. The lowest BCUT2D eigenvalue weighted by atomic mass is 10.3. The Kier molecular flexibility index (Phi) is 5.92. The lowest BCUT2D eigenvalue weighted by molar-refractivity contribution is 0.0378. The molecule has 6 nitrogen and oxygen atoms in total. The molecule has 1 aromatic heterocycles. The van der Waals surface area contributed by atoms with Crippen molar-refractivity contribution in [1.82, 2.24) is 14.9 Å². The van der Waals surface area contributed by atoms with E-state index in [0.717, 1.165) is 51.6 Å². The molecule has 24 heavy (non-hydrogen) atoms. The minimum absolute atomic E-state index is 0.294. The van der Waals surface area contributed by atoms with Gasteiger partial charge in [-0.3, -0.25) is 4.90 Å². The standard InChI is InChI=1S/C17H22FN5O/c18-14-3-1-4-15(13-14)21-17-20-7-5-16(22-17)19-6-2-8-23-9-11-24-12-10-23/h1,3-5,7,13H,2,6,8-12H2,(H2,19,20,21,22). The first-order valence-electron chi connectivity index (χ1n) is 8.19. The Bertz CT molecular complexity index is 648. The largest absolute Gasteiger partial charge is 0.379 e. The van der Waals surface area contributed by atoms with Gasteiger partial charge >= 0.3 is 0 Å². The molecule has 2 N–H and O–H groups in total. The monoisotopic (exact) mass is 331 g/mol. The van der Waals surface area contributed by atoms with Crippen molar-refractivity contribution in [3.05, 3.63) is 42.3 Å². The van der Waals surface area contributed by atoms with Gasteiger partial charge in [0, 0.05) is 31.5 Å². The molecule has 0 amide bonds. The van der Waals surface area contributed by atoms with Crippen LogP contribution in [0.2, 0.25) is 0 Å². The van der Waals surface area contributed by atoms with Crippen LogP contribution in [0.15, 0.2) is 36.5 Å². The smallest absolute Gasteiger partial charge is 0.229 e. The molecule has 0 radical (unpaired) electrons. The maximum atomic E-state index is 13.2. The number of anilines is 3. The quantitative estimate of drug-likeness (QED) is 0.760. The first-order valence-corrected chi connectivity index (χ1v) is 8.19. The molecule has 0 bridgehead atoms. The minimum Gasteiger partial charge on any atom is -0.379 e. The third-order valence-corrected chi connectivity index (χ3v) is 3.80. The summed E-state index contributed by atoms with van der Waals surface area (Å²) in [6, 6.07) is 8.05. The van der Waals surface area contributed by atoms with Crippen LogP contribution in [0.25, 0.3) is 0 Å². The molecular formula is C17H22FN5O. The number of nitrogens with one attached hydrogen (secondary N) is 2. The average Bonchev–Trinajstić information content (AvgIpc) is 2.60. The van der Waals surface area contributed by atoms with Crippen LogP contribution in [0.5, 0.6) is 0 Å². The Labute approximate surface area is 141 Å². The molecule has 0 aliphatic carbocycles. The van der Waals surface area contributed by atoms with Crippen molar-refractivity contribution in [2.24, 2.45) is 0 Å². The highest BCUT2D eigenvalue weighted by molar-refractivity contribution is 5.54. The second-order valence-electron chi connectivity index (χ2n) is 5.64. The maximum Gasteiger partial charge on any atom is 0.229 e. The Morgan fingerprint density at radius 3 is 2.92 bits per heavy atom. The van der Waals surface area contributed by atoms with Crippen molar-refractivity contribution in [3.8, 4) is 0 Å². The zero-order valence-electron chi connectivity index (χ0n) is 13.5. The topological polar surface area (TPSA) is 62.3 Å². The van der Waals surface area contributed by atoms with Crippen LogP contribution in [0.3, 0.4) is 0 Å². The van der Waals surface area contributed by atoms with E-state index in [9.17, 15) is 4.39 Å². The summed E-state index contributed by atoms with van der Waals surface area (Å²) in [6.07, 6.45) is 2.72. The van der Waals surface area contributed by atoms with E-state index < -0.39 is 0 Å². The summed E-state index contributed by atoms with van der Waals surface area (Å²) in [4.78, 5) is 11.0. The number of hydrogen-bond donors (Lipinski definition) is 2. The van der Waals surface area contributed by atoms with Gasteiger partial charge in [-0.2, -0.15) is 4.98 Å². The summed E-state index contributed by atoms with van der Waals surface area (Å²) < 4.78 is 18.5. The number of halogens is 1. The summed E-state index contributed by atoms with van der Waals surface area (Å²) in [5, 5.41) is 6.30. The molecule has 0 unspecified atom stereocenters. The molecule has 0 spiro atoms. The third-order valence-electron chi connectivity index (χ3n) is 3.80. The zero-order valence-corrected chi connectivity index (χ0v) is 13.5. The predicted molar refractivity (Wildman–Crippen MR) is 92.1 cm³/mol. The second-order valence-corrected chi connectivity index (χ2v) is 5.64. The molecule has 2 heterocycles. The summed E-state index contributed by atoms with van der Waals surface area (Å²) in [7, 11) is 0. The van der Waals surface area contributed by atoms with Gasteiger partial charge < -0.3 is 15.4 Å². The van der Waals surface area contributed by atoms with Crippen molar-refractivity contribution >= 4 is 17.5 Å². The maximum absolute atomic E-state index is 13.2. The average molecular weight is 331 g/mol. The summed E-state index contributed by atoms with van der Waals surface area (Å²) >= 11 is 0. The molecule has 2 aromatic rings. The van der Waals surface area contributed by atoms with Gasteiger partial charge in [-0.15, -0.1) is 0 Å². The van der Waals surface area contributed by atoms with Gasteiger partial charge in [0.15, 0.2) is 0 Å². The van der Waals surface area contributed by atoms with Gasteiger partial charge in [-0.05, 0) is 37.2 Å². The normalized spacial score (nSPS) is 15.2. The van der Waals surface area contributed by atoms with E-state index in [0.29, 0.717) is 11.6 Å². The van der Waals surface area contributed by atoms with Crippen molar-refractivity contribution in [2.45, 2.75) is 6.42 Å². The lowest BCUT2D eigenvalue weighted by Gasteiger charge is -2.26. The van der Waals surface area contributed by atoms with Gasteiger partial charge in [0.1, 0.15) is 11.6 Å². The van der Waals surface area contributed by atoms with Crippen LogP contribution < -0.4 is 10.6 Å². The fourth-order valence-corrected chi connectivity index (χ4v) is 2.56. The van der Waals surface area contributed by atoms with Crippen LogP contribution in [-0.2, 0) is 4.74 Å². The second kappa shape index (κ2) is 8.56. The van der Waals surface area contributed by atoms with Crippen molar-refractivity contribution in [2.75, 3.05) is 50.0 Å². The molecule has 1 aliphatic rings. The fourth-order valence-electron chi connectivity index (χ4n) is 2.56. The van der Waals surface area contributed by atoms with Crippen LogP contribution in [0.1, 0.15) is 6.42 Å². The molecule has 128 valence electrons. The first kappa shape index (κ1) is 16.6. The van der Waals surface area contributed by atoms with E-state index in [2.05, 4.69) is 25.5 Å². The van der Waals surface area contributed by atoms with Crippen LogP contribution >= 0.6 is 0 Å². The highest BCUT2D eigenvalue weighted by Crippen LogP contribution is 2.15. The van der Waals surface area contributed by atoms with Crippen LogP contribution in [-0.4, -0.2) is 54.3 Å². The third kappa shape index (κ3) is 5.14. The van der Waals surface area contributed by atoms with Gasteiger partial charge in [-0.1, -0.05) is 6.07 Å². The van der Waals surface area contributed by atoms with Gasteiger partial charge in [0.25, 0.3) is 0 Å². The van der Waals surface area contributed by atoms with Crippen molar-refractivity contribution in [3.63, 3.8) is 0 Å².